The maximum absolute atomic E-state index is 13.1. The van der Waals surface area contributed by atoms with E-state index in [1.54, 1.807) is 20.1 Å². The molecule has 0 aliphatic heterocycles. The minimum atomic E-state index is -0.297. The SMILES string of the molecule is COCCC(C)Oc1ccc(F)cc1[C@@H](C)N. The second-order valence-corrected chi connectivity index (χ2v) is 4.18. The molecule has 0 saturated carbocycles. The topological polar surface area (TPSA) is 44.5 Å². The summed E-state index contributed by atoms with van der Waals surface area (Å²) < 4.78 is 23.8. The average molecular weight is 241 g/mol. The largest absolute Gasteiger partial charge is 0.490 e. The Bertz CT molecular complexity index is 355. The lowest BCUT2D eigenvalue weighted by Crippen LogP contribution is -2.17. The van der Waals surface area contributed by atoms with Crippen LogP contribution in [0.25, 0.3) is 0 Å². The van der Waals surface area contributed by atoms with Crippen molar-refractivity contribution in [2.24, 2.45) is 5.73 Å². The van der Waals surface area contributed by atoms with Crippen LogP contribution in [-0.2, 0) is 4.74 Å². The average Bonchev–Trinajstić information content (AvgIpc) is 2.28. The fourth-order valence-corrected chi connectivity index (χ4v) is 1.54. The van der Waals surface area contributed by atoms with Gasteiger partial charge < -0.3 is 15.2 Å². The van der Waals surface area contributed by atoms with E-state index in [1.165, 1.54) is 12.1 Å². The molecule has 0 bridgehead atoms. The lowest BCUT2D eigenvalue weighted by Gasteiger charge is -2.18. The number of ether oxygens (including phenoxy) is 2. The molecule has 3 nitrogen and oxygen atoms in total. The van der Waals surface area contributed by atoms with Gasteiger partial charge in [0, 0.05) is 31.7 Å². The van der Waals surface area contributed by atoms with Crippen molar-refractivity contribution in [1.82, 2.24) is 0 Å². The molecule has 0 aromatic heterocycles. The van der Waals surface area contributed by atoms with Crippen molar-refractivity contribution in [2.45, 2.75) is 32.4 Å². The van der Waals surface area contributed by atoms with E-state index in [2.05, 4.69) is 0 Å². The zero-order chi connectivity index (χ0) is 12.8. The van der Waals surface area contributed by atoms with Gasteiger partial charge in [0.05, 0.1) is 6.10 Å². The normalized spacial score (nSPS) is 14.4. The lowest BCUT2D eigenvalue weighted by atomic mass is 10.1. The van der Waals surface area contributed by atoms with Crippen LogP contribution in [0.4, 0.5) is 4.39 Å². The summed E-state index contributed by atoms with van der Waals surface area (Å²) in [6.07, 6.45) is 0.796. The highest BCUT2D eigenvalue weighted by atomic mass is 19.1. The molecule has 0 radical (unpaired) electrons. The zero-order valence-electron chi connectivity index (χ0n) is 10.6. The smallest absolute Gasteiger partial charge is 0.124 e. The van der Waals surface area contributed by atoms with Gasteiger partial charge in [0.15, 0.2) is 0 Å². The molecular weight excluding hydrogens is 221 g/mol. The summed E-state index contributed by atoms with van der Waals surface area (Å²) >= 11 is 0. The summed E-state index contributed by atoms with van der Waals surface area (Å²) in [5, 5.41) is 0. The maximum Gasteiger partial charge on any atom is 0.124 e. The van der Waals surface area contributed by atoms with Gasteiger partial charge in [-0.05, 0) is 32.0 Å². The van der Waals surface area contributed by atoms with Crippen molar-refractivity contribution in [3.8, 4) is 5.75 Å². The van der Waals surface area contributed by atoms with Crippen LogP contribution in [0.5, 0.6) is 5.75 Å². The molecule has 0 saturated heterocycles. The Morgan fingerprint density at radius 1 is 1.35 bits per heavy atom. The molecule has 0 amide bonds. The summed E-state index contributed by atoms with van der Waals surface area (Å²) in [5.41, 5.74) is 6.48. The van der Waals surface area contributed by atoms with Gasteiger partial charge in [0.2, 0.25) is 0 Å². The van der Waals surface area contributed by atoms with Gasteiger partial charge in [-0.25, -0.2) is 4.39 Å². The van der Waals surface area contributed by atoms with E-state index in [1.807, 2.05) is 6.92 Å². The van der Waals surface area contributed by atoms with Gasteiger partial charge in [-0.3, -0.25) is 0 Å². The van der Waals surface area contributed by atoms with Crippen LogP contribution in [0.2, 0.25) is 0 Å². The lowest BCUT2D eigenvalue weighted by molar-refractivity contribution is 0.134. The van der Waals surface area contributed by atoms with Crippen molar-refractivity contribution in [1.29, 1.82) is 0 Å². The Morgan fingerprint density at radius 3 is 2.65 bits per heavy atom. The predicted molar refractivity (Wildman–Crippen MR) is 65.6 cm³/mol. The summed E-state index contributed by atoms with van der Waals surface area (Å²) in [6.45, 7) is 4.39. The van der Waals surface area contributed by atoms with E-state index in [9.17, 15) is 4.39 Å². The number of methoxy groups -OCH3 is 1. The Labute approximate surface area is 102 Å². The van der Waals surface area contributed by atoms with Crippen LogP contribution in [0, 0.1) is 5.82 Å². The van der Waals surface area contributed by atoms with Crippen LogP contribution in [0.15, 0.2) is 18.2 Å². The second-order valence-electron chi connectivity index (χ2n) is 4.18. The van der Waals surface area contributed by atoms with Crippen LogP contribution in [0.3, 0.4) is 0 Å². The van der Waals surface area contributed by atoms with Crippen molar-refractivity contribution in [3.63, 3.8) is 0 Å². The third-order valence-corrected chi connectivity index (χ3v) is 2.52. The highest BCUT2D eigenvalue weighted by Crippen LogP contribution is 2.26. The predicted octanol–water partition coefficient (Wildman–Crippen LogP) is 2.65. The number of rotatable bonds is 6. The van der Waals surface area contributed by atoms with E-state index in [0.717, 1.165) is 6.42 Å². The minimum absolute atomic E-state index is 0.0120. The number of hydrogen-bond acceptors (Lipinski definition) is 3. The van der Waals surface area contributed by atoms with Crippen LogP contribution in [-0.4, -0.2) is 19.8 Å². The second kappa shape index (κ2) is 6.57. The molecule has 2 N–H and O–H groups in total. The minimum Gasteiger partial charge on any atom is -0.490 e. The van der Waals surface area contributed by atoms with Crippen molar-refractivity contribution < 1.29 is 13.9 Å². The Morgan fingerprint density at radius 2 is 2.06 bits per heavy atom. The fourth-order valence-electron chi connectivity index (χ4n) is 1.54. The first-order chi connectivity index (χ1) is 8.04. The molecule has 1 aromatic carbocycles. The number of halogens is 1. The van der Waals surface area contributed by atoms with Gasteiger partial charge in [0.1, 0.15) is 11.6 Å². The summed E-state index contributed by atoms with van der Waals surface area (Å²) in [7, 11) is 1.65. The summed E-state index contributed by atoms with van der Waals surface area (Å²) in [5.74, 6) is 0.346. The van der Waals surface area contributed by atoms with Crippen molar-refractivity contribution in [2.75, 3.05) is 13.7 Å². The molecule has 96 valence electrons. The van der Waals surface area contributed by atoms with Crippen LogP contribution >= 0.6 is 0 Å². The molecule has 2 atom stereocenters. The first-order valence-corrected chi connectivity index (χ1v) is 5.75. The molecule has 0 aliphatic carbocycles. The maximum atomic E-state index is 13.1. The fraction of sp³-hybridized carbons (Fsp3) is 0.538. The van der Waals surface area contributed by atoms with E-state index in [-0.39, 0.29) is 18.0 Å². The highest BCUT2D eigenvalue weighted by molar-refractivity contribution is 5.36. The zero-order valence-corrected chi connectivity index (χ0v) is 10.6. The Hall–Kier alpha value is -1.13. The first kappa shape index (κ1) is 13.9. The molecule has 1 unspecified atom stereocenters. The monoisotopic (exact) mass is 241 g/mol. The number of nitrogens with two attached hydrogens (primary N) is 1. The molecule has 0 fully saturated rings. The number of benzene rings is 1. The third kappa shape index (κ3) is 4.32. The standard InChI is InChI=1S/C13H20FNO2/c1-9(6-7-16-3)17-13-5-4-11(14)8-12(13)10(2)15/h4-5,8-10H,6-7,15H2,1-3H3/t9?,10-/m1/s1. The van der Waals surface area contributed by atoms with E-state index >= 15 is 0 Å². The summed E-state index contributed by atoms with van der Waals surface area (Å²) in [6, 6.07) is 4.17. The van der Waals surface area contributed by atoms with Gasteiger partial charge in [-0.1, -0.05) is 0 Å². The molecular formula is C13H20FNO2. The van der Waals surface area contributed by atoms with E-state index < -0.39 is 0 Å². The third-order valence-electron chi connectivity index (χ3n) is 2.52. The molecule has 17 heavy (non-hydrogen) atoms. The van der Waals surface area contributed by atoms with E-state index in [4.69, 9.17) is 15.2 Å². The Kier molecular flexibility index (Phi) is 5.38. The molecule has 1 aromatic rings. The molecule has 4 heteroatoms. The molecule has 0 heterocycles. The first-order valence-electron chi connectivity index (χ1n) is 5.75. The molecule has 0 spiro atoms. The van der Waals surface area contributed by atoms with Gasteiger partial charge >= 0.3 is 0 Å². The molecule has 1 rings (SSSR count). The van der Waals surface area contributed by atoms with Crippen molar-refractivity contribution >= 4 is 0 Å². The van der Waals surface area contributed by atoms with Crippen LogP contribution < -0.4 is 10.5 Å². The quantitative estimate of drug-likeness (QED) is 0.832. The summed E-state index contributed by atoms with van der Waals surface area (Å²) in [4.78, 5) is 0. The van der Waals surface area contributed by atoms with Gasteiger partial charge in [-0.2, -0.15) is 0 Å². The van der Waals surface area contributed by atoms with E-state index in [0.29, 0.717) is 17.9 Å². The van der Waals surface area contributed by atoms with Gasteiger partial charge in [0.25, 0.3) is 0 Å². The Balaban J connectivity index is 2.76. The van der Waals surface area contributed by atoms with Crippen molar-refractivity contribution in [3.05, 3.63) is 29.6 Å². The van der Waals surface area contributed by atoms with Crippen LogP contribution in [0.1, 0.15) is 31.9 Å². The number of hydrogen-bond donors (Lipinski definition) is 1. The highest BCUT2D eigenvalue weighted by Gasteiger charge is 2.12. The molecule has 0 aliphatic rings. The van der Waals surface area contributed by atoms with Gasteiger partial charge in [-0.15, -0.1) is 0 Å².